The molecule has 6 heteroatoms. The van der Waals surface area contributed by atoms with Crippen LogP contribution in [0.1, 0.15) is 258 Å². The van der Waals surface area contributed by atoms with E-state index in [4.69, 9.17) is 4.74 Å². The minimum atomic E-state index is -0.863. The Labute approximate surface area is 348 Å². The van der Waals surface area contributed by atoms with Crippen LogP contribution >= 0.6 is 0 Å². The molecule has 0 saturated heterocycles. The number of hydrogen-bond donors (Lipinski definition) is 3. The maximum Gasteiger partial charge on any atom is 0.305 e. The van der Waals surface area contributed by atoms with Crippen LogP contribution in [-0.2, 0) is 14.3 Å². The summed E-state index contributed by atoms with van der Waals surface area (Å²) < 4.78 is 5.44. The quantitative estimate of drug-likeness (QED) is 0.0324. The van der Waals surface area contributed by atoms with Gasteiger partial charge in [-0.05, 0) is 57.8 Å². The summed E-state index contributed by atoms with van der Waals surface area (Å²) >= 11 is 0. The fraction of sp³-hybridized carbons (Fsp3) is 0.880. The van der Waals surface area contributed by atoms with Gasteiger partial charge in [-0.15, -0.1) is 0 Å². The van der Waals surface area contributed by atoms with Gasteiger partial charge in [0.1, 0.15) is 0 Å². The lowest BCUT2D eigenvalue weighted by Gasteiger charge is -2.20. The first kappa shape index (κ1) is 54.3. The number of rotatable bonds is 45. The van der Waals surface area contributed by atoms with Gasteiger partial charge in [0.2, 0.25) is 5.91 Å². The highest BCUT2D eigenvalue weighted by atomic mass is 16.5. The summed E-state index contributed by atoms with van der Waals surface area (Å²) in [5, 5.41) is 22.9. The van der Waals surface area contributed by atoms with Gasteiger partial charge in [0.25, 0.3) is 0 Å². The monoisotopic (exact) mass is 790 g/mol. The van der Waals surface area contributed by atoms with E-state index in [1.54, 1.807) is 6.08 Å². The number of unbranched alkanes of at least 4 members (excludes halogenated alkanes) is 32. The molecule has 0 aliphatic carbocycles. The smallest absolute Gasteiger partial charge is 0.305 e. The van der Waals surface area contributed by atoms with Crippen LogP contribution in [0, 0.1) is 0 Å². The minimum Gasteiger partial charge on any atom is -0.466 e. The molecule has 0 fully saturated rings. The normalized spacial score (nSPS) is 12.9. The molecule has 1 amide bonds. The van der Waals surface area contributed by atoms with E-state index in [0.717, 1.165) is 77.0 Å². The number of carbonyl (C=O) groups is 2. The highest BCUT2D eigenvalue weighted by molar-refractivity contribution is 5.76. The van der Waals surface area contributed by atoms with Gasteiger partial charge < -0.3 is 20.3 Å². The van der Waals surface area contributed by atoms with Gasteiger partial charge >= 0.3 is 5.97 Å². The Morgan fingerprint density at radius 2 is 0.839 bits per heavy atom. The molecule has 0 heterocycles. The number of ether oxygens (including phenoxy) is 1. The van der Waals surface area contributed by atoms with Crippen molar-refractivity contribution in [3.05, 3.63) is 24.3 Å². The largest absolute Gasteiger partial charge is 0.466 e. The summed E-state index contributed by atoms with van der Waals surface area (Å²) in [5.41, 5.74) is 0. The number of nitrogens with one attached hydrogen (secondary N) is 1. The molecule has 0 aromatic rings. The van der Waals surface area contributed by atoms with E-state index in [0.29, 0.717) is 19.4 Å². The van der Waals surface area contributed by atoms with E-state index >= 15 is 0 Å². The first-order chi connectivity index (χ1) is 27.5. The van der Waals surface area contributed by atoms with Gasteiger partial charge in [-0.3, -0.25) is 9.59 Å². The zero-order chi connectivity index (χ0) is 40.8. The maximum absolute atomic E-state index is 12.4. The zero-order valence-corrected chi connectivity index (χ0v) is 37.4. The molecule has 330 valence electrons. The predicted octanol–water partition coefficient (Wildman–Crippen LogP) is 14.3. The number of aliphatic hydroxyl groups excluding tert-OH is 2. The van der Waals surface area contributed by atoms with Crippen LogP contribution in [0.25, 0.3) is 0 Å². The Morgan fingerprint density at radius 3 is 1.27 bits per heavy atom. The van der Waals surface area contributed by atoms with Crippen molar-refractivity contribution in [1.82, 2.24) is 5.32 Å². The highest BCUT2D eigenvalue weighted by Crippen LogP contribution is 2.16. The average Bonchev–Trinajstić information content (AvgIpc) is 3.20. The van der Waals surface area contributed by atoms with Gasteiger partial charge in [0.15, 0.2) is 0 Å². The Morgan fingerprint density at radius 1 is 0.482 bits per heavy atom. The lowest BCUT2D eigenvalue weighted by Crippen LogP contribution is -2.45. The van der Waals surface area contributed by atoms with E-state index in [9.17, 15) is 19.8 Å². The summed E-state index contributed by atoms with van der Waals surface area (Å²) in [6, 6.07) is -0.651. The molecule has 0 aromatic heterocycles. The van der Waals surface area contributed by atoms with Crippen LogP contribution in [0.15, 0.2) is 24.3 Å². The summed E-state index contributed by atoms with van der Waals surface area (Å²) in [7, 11) is 0. The molecule has 0 bridgehead atoms. The van der Waals surface area contributed by atoms with Gasteiger partial charge in [0.05, 0.1) is 25.4 Å². The second kappa shape index (κ2) is 46.0. The van der Waals surface area contributed by atoms with Crippen LogP contribution in [-0.4, -0.2) is 47.4 Å². The Kier molecular flexibility index (Phi) is 44.7. The summed E-state index contributed by atoms with van der Waals surface area (Å²) in [5.74, 6) is -0.140. The predicted molar refractivity (Wildman–Crippen MR) is 241 cm³/mol. The van der Waals surface area contributed by atoms with Crippen LogP contribution in [0.5, 0.6) is 0 Å². The molecule has 3 N–H and O–H groups in total. The average molecular weight is 790 g/mol. The summed E-state index contributed by atoms with van der Waals surface area (Å²) in [6.45, 7) is 4.80. The van der Waals surface area contributed by atoms with E-state index < -0.39 is 12.1 Å². The fourth-order valence-corrected chi connectivity index (χ4v) is 7.39. The molecule has 0 aromatic carbocycles. The zero-order valence-electron chi connectivity index (χ0n) is 37.4. The van der Waals surface area contributed by atoms with Gasteiger partial charge in [0, 0.05) is 12.8 Å². The topological polar surface area (TPSA) is 95.9 Å². The van der Waals surface area contributed by atoms with E-state index in [1.807, 2.05) is 6.08 Å². The molecular weight excluding hydrogens is 695 g/mol. The number of aliphatic hydroxyl groups is 2. The molecule has 0 spiro atoms. The maximum atomic E-state index is 12.4. The van der Waals surface area contributed by atoms with Crippen molar-refractivity contribution >= 4 is 11.9 Å². The molecule has 0 aliphatic rings. The third-order valence-corrected chi connectivity index (χ3v) is 11.2. The lowest BCUT2D eigenvalue weighted by atomic mass is 10.0. The minimum absolute atomic E-state index is 0.0349. The number of allylic oxidation sites excluding steroid dienone is 3. The van der Waals surface area contributed by atoms with E-state index in [2.05, 4.69) is 31.3 Å². The Hall–Kier alpha value is -1.66. The summed E-state index contributed by atoms with van der Waals surface area (Å²) in [6.07, 6.45) is 53.2. The second-order valence-electron chi connectivity index (χ2n) is 16.8. The van der Waals surface area contributed by atoms with Crippen molar-refractivity contribution < 1.29 is 24.5 Å². The second-order valence-corrected chi connectivity index (χ2v) is 16.8. The molecule has 56 heavy (non-hydrogen) atoms. The number of carbonyl (C=O) groups excluding carboxylic acids is 2. The van der Waals surface area contributed by atoms with Crippen LogP contribution in [0.4, 0.5) is 0 Å². The van der Waals surface area contributed by atoms with Crippen LogP contribution < -0.4 is 5.32 Å². The molecule has 2 unspecified atom stereocenters. The standard InChI is InChI=1S/C50H95NO5/c1-3-5-7-9-11-13-15-16-17-18-19-20-21-23-28-32-36-40-44-50(55)56-45-41-37-33-29-25-24-27-31-35-39-43-49(54)51-47(46-52)48(53)42-38-34-30-26-22-14-12-10-8-6-4-2/h25,29,38,42,47-48,52-53H,3-24,26-28,30-37,39-41,43-46H2,1-2H3,(H,51,54)/b29-25-,42-38+. The van der Waals surface area contributed by atoms with Crippen molar-refractivity contribution in [2.45, 2.75) is 270 Å². The fourth-order valence-electron chi connectivity index (χ4n) is 7.39. The van der Waals surface area contributed by atoms with Crippen molar-refractivity contribution in [1.29, 1.82) is 0 Å². The summed E-state index contributed by atoms with van der Waals surface area (Å²) in [4.78, 5) is 24.4. The van der Waals surface area contributed by atoms with Crippen molar-refractivity contribution in [3.8, 4) is 0 Å². The number of hydrogen-bond acceptors (Lipinski definition) is 5. The molecule has 0 aliphatic heterocycles. The first-order valence-corrected chi connectivity index (χ1v) is 24.6. The Bertz CT molecular complexity index is 874. The van der Waals surface area contributed by atoms with E-state index in [1.165, 1.54) is 154 Å². The molecule has 0 rings (SSSR count). The van der Waals surface area contributed by atoms with Crippen LogP contribution in [0.2, 0.25) is 0 Å². The first-order valence-electron chi connectivity index (χ1n) is 24.6. The third kappa shape index (κ3) is 42.0. The third-order valence-electron chi connectivity index (χ3n) is 11.2. The highest BCUT2D eigenvalue weighted by Gasteiger charge is 2.18. The van der Waals surface area contributed by atoms with Gasteiger partial charge in [-0.25, -0.2) is 0 Å². The lowest BCUT2D eigenvalue weighted by molar-refractivity contribution is -0.143. The number of esters is 1. The van der Waals surface area contributed by atoms with E-state index in [-0.39, 0.29) is 18.5 Å². The molecule has 6 nitrogen and oxygen atoms in total. The van der Waals surface area contributed by atoms with Gasteiger partial charge in [-0.1, -0.05) is 212 Å². The van der Waals surface area contributed by atoms with Crippen molar-refractivity contribution in [2.24, 2.45) is 0 Å². The Balaban J connectivity index is 3.51. The number of amides is 1. The van der Waals surface area contributed by atoms with Crippen molar-refractivity contribution in [2.75, 3.05) is 13.2 Å². The van der Waals surface area contributed by atoms with Gasteiger partial charge in [-0.2, -0.15) is 0 Å². The SMILES string of the molecule is CCCCCCCCCCC/C=C/C(O)C(CO)NC(=O)CCCCCC/C=C\CCCCOC(=O)CCCCCCCCCCCCCCCCCCCC. The molecule has 0 radical (unpaired) electrons. The molecular formula is C50H95NO5. The van der Waals surface area contributed by atoms with Crippen molar-refractivity contribution in [3.63, 3.8) is 0 Å². The molecule has 0 saturated carbocycles. The van der Waals surface area contributed by atoms with Crippen LogP contribution in [0.3, 0.4) is 0 Å². The molecule has 2 atom stereocenters.